The second-order valence-electron chi connectivity index (χ2n) is 8.52. The third-order valence-electron chi connectivity index (χ3n) is 6.57. The number of fused-ring (bicyclic) bond motifs is 4. The van der Waals surface area contributed by atoms with Crippen molar-refractivity contribution in [2.75, 3.05) is 18.6 Å². The molecule has 2 aliphatic rings. The lowest BCUT2D eigenvalue weighted by Gasteiger charge is -2.49. The third kappa shape index (κ3) is 2.61. The van der Waals surface area contributed by atoms with Gasteiger partial charge in [-0.15, -0.1) is 0 Å². The molecule has 2 aromatic carbocycles. The van der Waals surface area contributed by atoms with E-state index in [1.807, 2.05) is 24.4 Å². The fourth-order valence-electron chi connectivity index (χ4n) is 4.88. The van der Waals surface area contributed by atoms with Crippen LogP contribution in [0.25, 0.3) is 17.0 Å². The van der Waals surface area contributed by atoms with E-state index >= 15 is 0 Å². The van der Waals surface area contributed by atoms with Crippen molar-refractivity contribution in [3.05, 3.63) is 71.9 Å². The van der Waals surface area contributed by atoms with E-state index in [1.165, 1.54) is 11.3 Å². The maximum Gasteiger partial charge on any atom is 0.223 e. The molecule has 1 saturated heterocycles. The predicted octanol–water partition coefficient (Wildman–Crippen LogP) is 4.27. The topological polar surface area (TPSA) is 54.5 Å². The second-order valence-corrected chi connectivity index (χ2v) is 8.52. The van der Waals surface area contributed by atoms with Crippen LogP contribution in [0.4, 0.5) is 5.69 Å². The van der Waals surface area contributed by atoms with Gasteiger partial charge >= 0.3 is 0 Å². The van der Waals surface area contributed by atoms with Crippen molar-refractivity contribution in [3.8, 4) is 5.75 Å². The van der Waals surface area contributed by atoms with Crippen molar-refractivity contribution in [1.29, 1.82) is 0 Å². The van der Waals surface area contributed by atoms with Crippen LogP contribution in [-0.4, -0.2) is 30.2 Å². The summed E-state index contributed by atoms with van der Waals surface area (Å²) >= 11 is 0. The number of nitrogens with one attached hydrogen (secondary N) is 1. The highest BCUT2D eigenvalue weighted by atomic mass is 16.5. The van der Waals surface area contributed by atoms with E-state index < -0.39 is 5.66 Å². The van der Waals surface area contributed by atoms with Crippen LogP contribution in [-0.2, 0) is 10.2 Å². The molecule has 5 nitrogen and oxygen atoms in total. The predicted molar refractivity (Wildman–Crippen MR) is 120 cm³/mol. The summed E-state index contributed by atoms with van der Waals surface area (Å²) in [6, 6.07) is 16.4. The van der Waals surface area contributed by atoms with Gasteiger partial charge in [-0.2, -0.15) is 0 Å². The zero-order chi connectivity index (χ0) is 20.9. The number of hydrogen-bond donors (Lipinski definition) is 1. The van der Waals surface area contributed by atoms with Gasteiger partial charge in [0.15, 0.2) is 0 Å². The van der Waals surface area contributed by atoms with Crippen LogP contribution in [0.15, 0.2) is 60.8 Å². The monoisotopic (exact) mass is 399 g/mol. The lowest BCUT2D eigenvalue weighted by molar-refractivity contribution is -0.124. The third-order valence-corrected chi connectivity index (χ3v) is 6.57. The van der Waals surface area contributed by atoms with E-state index in [4.69, 9.17) is 4.74 Å². The molecule has 152 valence electrons. The van der Waals surface area contributed by atoms with Gasteiger partial charge < -0.3 is 15.0 Å². The number of rotatable bonds is 3. The largest absolute Gasteiger partial charge is 0.497 e. The first-order valence-electron chi connectivity index (χ1n) is 10.3. The van der Waals surface area contributed by atoms with Crippen molar-refractivity contribution in [3.63, 3.8) is 0 Å². The Kier molecular flexibility index (Phi) is 4.10. The Morgan fingerprint density at radius 1 is 1.17 bits per heavy atom. The molecule has 1 N–H and O–H groups in total. The van der Waals surface area contributed by atoms with Crippen molar-refractivity contribution in [2.45, 2.75) is 31.3 Å². The van der Waals surface area contributed by atoms with E-state index in [1.54, 1.807) is 7.11 Å². The zero-order valence-corrected chi connectivity index (χ0v) is 17.5. The molecular weight excluding hydrogens is 374 g/mol. The van der Waals surface area contributed by atoms with Crippen LogP contribution in [0, 0.1) is 0 Å². The first-order valence-corrected chi connectivity index (χ1v) is 10.3. The molecule has 1 atom stereocenters. The minimum atomic E-state index is -0.616. The van der Waals surface area contributed by atoms with Gasteiger partial charge in [0.05, 0.1) is 12.6 Å². The highest BCUT2D eigenvalue weighted by Gasteiger charge is 2.57. The van der Waals surface area contributed by atoms with E-state index in [0.29, 0.717) is 13.0 Å². The molecule has 5 rings (SSSR count). The fourth-order valence-corrected chi connectivity index (χ4v) is 4.88. The average Bonchev–Trinajstić information content (AvgIpc) is 2.95. The van der Waals surface area contributed by atoms with Gasteiger partial charge in [0.25, 0.3) is 0 Å². The minimum absolute atomic E-state index is 0.0816. The number of aromatic nitrogens is 1. The number of carbonyl (C=O) groups is 1. The maximum absolute atomic E-state index is 12.5. The van der Waals surface area contributed by atoms with Gasteiger partial charge in [-0.25, -0.2) is 0 Å². The van der Waals surface area contributed by atoms with Gasteiger partial charge in [-0.3, -0.25) is 9.78 Å². The molecule has 5 heteroatoms. The Morgan fingerprint density at radius 3 is 2.83 bits per heavy atom. The fraction of sp³-hybridized carbons (Fsp3) is 0.280. The Hall–Kier alpha value is -3.34. The van der Waals surface area contributed by atoms with Gasteiger partial charge in [0.1, 0.15) is 11.4 Å². The van der Waals surface area contributed by atoms with Crippen molar-refractivity contribution in [1.82, 2.24) is 10.3 Å². The van der Waals surface area contributed by atoms with Gasteiger partial charge in [-0.05, 0) is 47.5 Å². The summed E-state index contributed by atoms with van der Waals surface area (Å²) in [6.45, 7) is 5.10. The number of para-hydroxylation sites is 1. The highest BCUT2D eigenvalue weighted by molar-refractivity contribution is 5.85. The second kappa shape index (κ2) is 6.59. The molecule has 2 aliphatic heterocycles. The molecule has 0 radical (unpaired) electrons. The number of methoxy groups -OCH3 is 1. The van der Waals surface area contributed by atoms with Crippen molar-refractivity contribution < 1.29 is 9.53 Å². The number of pyridine rings is 1. The quantitative estimate of drug-likeness (QED) is 0.715. The van der Waals surface area contributed by atoms with Gasteiger partial charge in [0, 0.05) is 35.7 Å². The molecule has 1 fully saturated rings. The van der Waals surface area contributed by atoms with Crippen LogP contribution in [0.5, 0.6) is 5.75 Å². The van der Waals surface area contributed by atoms with Crippen molar-refractivity contribution in [2.24, 2.45) is 0 Å². The summed E-state index contributed by atoms with van der Waals surface area (Å²) < 4.78 is 5.35. The number of amides is 1. The summed E-state index contributed by atoms with van der Waals surface area (Å²) in [5.41, 5.74) is 3.44. The molecule has 0 saturated carbocycles. The first-order chi connectivity index (χ1) is 14.4. The summed E-state index contributed by atoms with van der Waals surface area (Å²) in [7, 11) is 1.66. The van der Waals surface area contributed by atoms with Crippen LogP contribution in [0.3, 0.4) is 0 Å². The molecule has 0 unspecified atom stereocenters. The maximum atomic E-state index is 12.5. The molecule has 0 bridgehead atoms. The van der Waals surface area contributed by atoms with E-state index in [0.717, 1.165) is 22.2 Å². The Morgan fingerprint density at radius 2 is 2.00 bits per heavy atom. The number of hydrogen-bond acceptors (Lipinski definition) is 4. The molecule has 0 spiro atoms. The van der Waals surface area contributed by atoms with Gasteiger partial charge in [-0.1, -0.05) is 38.1 Å². The number of ether oxygens (including phenoxy) is 1. The summed E-state index contributed by atoms with van der Waals surface area (Å²) in [6.07, 6.45) is 6.56. The summed E-state index contributed by atoms with van der Waals surface area (Å²) in [5, 5.41) is 4.34. The van der Waals surface area contributed by atoms with Crippen LogP contribution >= 0.6 is 0 Å². The molecule has 3 aromatic rings. The highest BCUT2D eigenvalue weighted by Crippen LogP contribution is 2.52. The molecule has 1 aromatic heterocycles. The summed E-state index contributed by atoms with van der Waals surface area (Å²) in [5.74, 6) is 0.889. The Balaban J connectivity index is 1.60. The lowest BCUT2D eigenvalue weighted by atomic mass is 9.74. The number of nitrogens with zero attached hydrogens (tertiary/aromatic N) is 2. The van der Waals surface area contributed by atoms with Crippen LogP contribution in [0.2, 0.25) is 0 Å². The Labute approximate surface area is 176 Å². The molecule has 3 heterocycles. The molecule has 1 amide bonds. The van der Waals surface area contributed by atoms with E-state index in [9.17, 15) is 4.79 Å². The Bertz CT molecular complexity index is 1180. The lowest BCUT2D eigenvalue weighted by Crippen LogP contribution is -2.68. The average molecular weight is 399 g/mol. The normalized spacial score (nSPS) is 22.1. The zero-order valence-electron chi connectivity index (χ0n) is 17.5. The van der Waals surface area contributed by atoms with Crippen molar-refractivity contribution >= 4 is 28.6 Å². The standard InChI is InChI=1S/C25H25N3O2/c1-24(2)20-6-4-5-7-22(20)28-13-11-23(29)27-25(24,28)12-10-17-14-18-15-19(30-3)8-9-21(18)26-16-17/h4-10,12,14-16H,11,13H2,1-3H3,(H,27,29)/b12-10+/t25-/m0/s1. The number of benzene rings is 2. The molecule has 0 aliphatic carbocycles. The van der Waals surface area contributed by atoms with E-state index in [2.05, 4.69) is 71.5 Å². The van der Waals surface area contributed by atoms with Gasteiger partial charge in [0.2, 0.25) is 5.91 Å². The smallest absolute Gasteiger partial charge is 0.223 e. The number of carbonyl (C=O) groups excluding carboxylic acids is 1. The molecule has 30 heavy (non-hydrogen) atoms. The minimum Gasteiger partial charge on any atom is -0.497 e. The van der Waals surface area contributed by atoms with E-state index in [-0.39, 0.29) is 11.3 Å². The first kappa shape index (κ1) is 18.7. The van der Waals surface area contributed by atoms with Crippen LogP contribution in [0.1, 0.15) is 31.4 Å². The molecular formula is C25H25N3O2. The summed E-state index contributed by atoms with van der Waals surface area (Å²) in [4.78, 5) is 19.4. The number of anilines is 1. The SMILES string of the molecule is COc1ccc2ncc(/C=C/[C@]34NC(=O)CCN3c3ccccc3C4(C)C)cc2c1. The van der Waals surface area contributed by atoms with Crippen LogP contribution < -0.4 is 15.0 Å².